The highest BCUT2D eigenvalue weighted by Gasteiger charge is 2.29. The van der Waals surface area contributed by atoms with Gasteiger partial charge in [-0.3, -0.25) is 0 Å². The van der Waals surface area contributed by atoms with Crippen LogP contribution in [0, 0.1) is 5.92 Å². The smallest absolute Gasteiger partial charge is 0.0107 e. The Morgan fingerprint density at radius 3 is 2.50 bits per heavy atom. The number of nitrogens with one attached hydrogen (secondary N) is 1. The van der Waals surface area contributed by atoms with Crippen molar-refractivity contribution in [1.29, 1.82) is 0 Å². The number of rotatable bonds is 6. The molecule has 0 aromatic heterocycles. The molecule has 0 aromatic rings. The molecule has 2 heteroatoms. The number of hydrogen-bond donors (Lipinski definition) is 1. The molecule has 2 nitrogen and oxygen atoms in total. The molecule has 2 saturated carbocycles. The molecule has 2 fully saturated rings. The van der Waals surface area contributed by atoms with Gasteiger partial charge in [0.2, 0.25) is 0 Å². The summed E-state index contributed by atoms with van der Waals surface area (Å²) in [6.07, 6.45) is 12.8. The molecule has 2 aliphatic carbocycles. The van der Waals surface area contributed by atoms with E-state index in [1.165, 1.54) is 70.9 Å². The van der Waals surface area contributed by atoms with Crippen molar-refractivity contribution in [2.24, 2.45) is 5.92 Å². The minimum Gasteiger partial charge on any atom is -0.314 e. The van der Waals surface area contributed by atoms with Crippen molar-refractivity contribution in [3.05, 3.63) is 0 Å². The first kappa shape index (κ1) is 14.3. The predicted octanol–water partition coefficient (Wildman–Crippen LogP) is 3.42. The van der Waals surface area contributed by atoms with Crippen LogP contribution in [0.4, 0.5) is 0 Å². The molecule has 2 aliphatic rings. The van der Waals surface area contributed by atoms with Crippen molar-refractivity contribution >= 4 is 0 Å². The second-order valence-electron chi connectivity index (χ2n) is 6.48. The van der Waals surface area contributed by atoms with Crippen LogP contribution < -0.4 is 5.32 Å². The SMILES string of the molecule is CCCNC1CCCC1CN(C)C1CCCCC1. The molecule has 106 valence electrons. The van der Waals surface area contributed by atoms with Crippen LogP contribution in [0.15, 0.2) is 0 Å². The number of hydrogen-bond acceptors (Lipinski definition) is 2. The van der Waals surface area contributed by atoms with E-state index >= 15 is 0 Å². The van der Waals surface area contributed by atoms with Crippen molar-refractivity contribution in [2.45, 2.75) is 76.8 Å². The molecular weight excluding hydrogens is 220 g/mol. The molecule has 18 heavy (non-hydrogen) atoms. The van der Waals surface area contributed by atoms with E-state index in [1.807, 2.05) is 0 Å². The summed E-state index contributed by atoms with van der Waals surface area (Å²) in [5.41, 5.74) is 0. The van der Waals surface area contributed by atoms with Gasteiger partial charge in [0.15, 0.2) is 0 Å². The van der Waals surface area contributed by atoms with Crippen molar-refractivity contribution in [3.8, 4) is 0 Å². The highest BCUT2D eigenvalue weighted by atomic mass is 15.1. The second kappa shape index (κ2) is 7.49. The maximum absolute atomic E-state index is 3.76. The first-order chi connectivity index (χ1) is 8.81. The van der Waals surface area contributed by atoms with Crippen LogP contribution in [0.1, 0.15) is 64.7 Å². The summed E-state index contributed by atoms with van der Waals surface area (Å²) in [5.74, 6) is 0.906. The Morgan fingerprint density at radius 2 is 1.78 bits per heavy atom. The lowest BCUT2D eigenvalue weighted by atomic mass is 9.93. The van der Waals surface area contributed by atoms with Gasteiger partial charge in [-0.25, -0.2) is 0 Å². The van der Waals surface area contributed by atoms with Gasteiger partial charge in [0, 0.05) is 18.6 Å². The molecule has 0 aromatic carbocycles. The zero-order valence-corrected chi connectivity index (χ0v) is 12.5. The largest absolute Gasteiger partial charge is 0.314 e. The van der Waals surface area contributed by atoms with Crippen LogP contribution >= 0.6 is 0 Å². The summed E-state index contributed by atoms with van der Waals surface area (Å²) in [6, 6.07) is 1.68. The van der Waals surface area contributed by atoms with E-state index in [2.05, 4.69) is 24.2 Å². The normalized spacial score (nSPS) is 30.2. The molecule has 0 amide bonds. The Kier molecular flexibility index (Phi) is 5.97. The van der Waals surface area contributed by atoms with Gasteiger partial charge in [-0.2, -0.15) is 0 Å². The van der Waals surface area contributed by atoms with Gasteiger partial charge < -0.3 is 10.2 Å². The average Bonchev–Trinajstić information content (AvgIpc) is 2.84. The Morgan fingerprint density at radius 1 is 1.00 bits per heavy atom. The van der Waals surface area contributed by atoms with E-state index in [1.54, 1.807) is 0 Å². The first-order valence-corrected chi connectivity index (χ1v) is 8.25. The Labute approximate surface area is 114 Å². The van der Waals surface area contributed by atoms with Gasteiger partial charge in [-0.15, -0.1) is 0 Å². The summed E-state index contributed by atoms with van der Waals surface area (Å²) in [7, 11) is 2.37. The Hall–Kier alpha value is -0.0800. The molecule has 0 heterocycles. The molecule has 2 atom stereocenters. The third-order valence-electron chi connectivity index (χ3n) is 5.04. The predicted molar refractivity (Wildman–Crippen MR) is 78.9 cm³/mol. The van der Waals surface area contributed by atoms with Crippen LogP contribution in [0.5, 0.6) is 0 Å². The van der Waals surface area contributed by atoms with E-state index in [0.29, 0.717) is 0 Å². The van der Waals surface area contributed by atoms with Gasteiger partial charge in [-0.05, 0) is 51.6 Å². The summed E-state index contributed by atoms with van der Waals surface area (Å²) in [5, 5.41) is 3.76. The summed E-state index contributed by atoms with van der Waals surface area (Å²) in [6.45, 7) is 4.80. The van der Waals surface area contributed by atoms with Crippen LogP contribution in [0.2, 0.25) is 0 Å². The van der Waals surface area contributed by atoms with E-state index in [9.17, 15) is 0 Å². The lowest BCUT2D eigenvalue weighted by Crippen LogP contribution is -2.42. The van der Waals surface area contributed by atoms with E-state index in [4.69, 9.17) is 0 Å². The van der Waals surface area contributed by atoms with Gasteiger partial charge in [0.1, 0.15) is 0 Å². The summed E-state index contributed by atoms with van der Waals surface area (Å²) < 4.78 is 0. The van der Waals surface area contributed by atoms with Crippen LogP contribution in [0.25, 0.3) is 0 Å². The fraction of sp³-hybridized carbons (Fsp3) is 1.00. The van der Waals surface area contributed by atoms with Gasteiger partial charge in [0.05, 0.1) is 0 Å². The van der Waals surface area contributed by atoms with Gasteiger partial charge in [0.25, 0.3) is 0 Å². The zero-order chi connectivity index (χ0) is 12.8. The molecule has 0 radical (unpaired) electrons. The van der Waals surface area contributed by atoms with Crippen molar-refractivity contribution in [2.75, 3.05) is 20.1 Å². The molecule has 2 unspecified atom stereocenters. The maximum Gasteiger partial charge on any atom is 0.0107 e. The summed E-state index contributed by atoms with van der Waals surface area (Å²) in [4.78, 5) is 2.68. The van der Waals surface area contributed by atoms with Gasteiger partial charge >= 0.3 is 0 Å². The third kappa shape index (κ3) is 3.96. The quantitative estimate of drug-likeness (QED) is 0.779. The third-order valence-corrected chi connectivity index (χ3v) is 5.04. The fourth-order valence-corrected chi connectivity index (χ4v) is 3.89. The lowest BCUT2D eigenvalue weighted by molar-refractivity contribution is 0.157. The highest BCUT2D eigenvalue weighted by molar-refractivity contribution is 4.86. The lowest BCUT2D eigenvalue weighted by Gasteiger charge is -2.34. The minimum absolute atomic E-state index is 0.802. The van der Waals surface area contributed by atoms with Gasteiger partial charge in [-0.1, -0.05) is 32.6 Å². The van der Waals surface area contributed by atoms with E-state index in [-0.39, 0.29) is 0 Å². The number of nitrogens with zero attached hydrogens (tertiary/aromatic N) is 1. The minimum atomic E-state index is 0.802. The molecular formula is C16H32N2. The van der Waals surface area contributed by atoms with E-state index < -0.39 is 0 Å². The second-order valence-corrected chi connectivity index (χ2v) is 6.48. The van der Waals surface area contributed by atoms with Crippen molar-refractivity contribution in [3.63, 3.8) is 0 Å². The van der Waals surface area contributed by atoms with Crippen molar-refractivity contribution in [1.82, 2.24) is 10.2 Å². The summed E-state index contributed by atoms with van der Waals surface area (Å²) >= 11 is 0. The molecule has 0 aliphatic heterocycles. The topological polar surface area (TPSA) is 15.3 Å². The standard InChI is InChI=1S/C16H32N2/c1-3-12-17-16-11-7-8-14(16)13-18(2)15-9-5-4-6-10-15/h14-17H,3-13H2,1-2H3. The maximum atomic E-state index is 3.76. The van der Waals surface area contributed by atoms with E-state index in [0.717, 1.165) is 18.0 Å². The molecule has 2 rings (SSSR count). The molecule has 1 N–H and O–H groups in total. The monoisotopic (exact) mass is 252 g/mol. The molecule has 0 saturated heterocycles. The fourth-order valence-electron chi connectivity index (χ4n) is 3.89. The zero-order valence-electron chi connectivity index (χ0n) is 12.5. The van der Waals surface area contributed by atoms with Crippen LogP contribution in [0.3, 0.4) is 0 Å². The van der Waals surface area contributed by atoms with Crippen LogP contribution in [-0.4, -0.2) is 37.1 Å². The molecule has 0 bridgehead atoms. The first-order valence-electron chi connectivity index (χ1n) is 8.25. The average molecular weight is 252 g/mol. The van der Waals surface area contributed by atoms with Crippen molar-refractivity contribution < 1.29 is 0 Å². The highest BCUT2D eigenvalue weighted by Crippen LogP contribution is 2.29. The Balaban J connectivity index is 1.76. The van der Waals surface area contributed by atoms with Crippen LogP contribution in [-0.2, 0) is 0 Å². The molecule has 0 spiro atoms. The Bertz CT molecular complexity index is 223.